The average molecular weight is 329 g/mol. The van der Waals surface area contributed by atoms with E-state index in [1.54, 1.807) is 6.21 Å². The van der Waals surface area contributed by atoms with Crippen LogP contribution in [0.4, 0.5) is 0 Å². The number of aliphatic hydroxyl groups excluding tert-OH is 1. The van der Waals surface area contributed by atoms with Crippen LogP contribution in [0.25, 0.3) is 0 Å². The Balaban J connectivity index is 1.86. The third-order valence-electron chi connectivity index (χ3n) is 2.81. The number of hydrogen-bond acceptors (Lipinski definition) is 5. The zero-order valence-corrected chi connectivity index (χ0v) is 13.4. The molecule has 0 fully saturated rings. The minimum Gasteiger partial charge on any atom is -0.491 e. The molecule has 0 radical (unpaired) electrons. The van der Waals surface area contributed by atoms with Crippen molar-refractivity contribution in [2.75, 3.05) is 13.2 Å². The van der Waals surface area contributed by atoms with Crippen molar-refractivity contribution in [3.63, 3.8) is 0 Å². The lowest BCUT2D eigenvalue weighted by Crippen LogP contribution is -2.06. The van der Waals surface area contributed by atoms with Gasteiger partial charge in [0.15, 0.2) is 5.17 Å². The van der Waals surface area contributed by atoms with Crippen molar-refractivity contribution in [3.8, 4) is 5.75 Å². The average Bonchev–Trinajstić information content (AvgIpc) is 2.59. The van der Waals surface area contributed by atoms with Crippen molar-refractivity contribution in [2.24, 2.45) is 15.9 Å². The van der Waals surface area contributed by atoms with Gasteiger partial charge in [0.25, 0.3) is 0 Å². The SMILES string of the molecule is NC(=NN=Cc1cccc(OCCO)c1)SCc1ccccc1. The van der Waals surface area contributed by atoms with Crippen molar-refractivity contribution >= 4 is 23.1 Å². The molecule has 3 N–H and O–H groups in total. The van der Waals surface area contributed by atoms with E-state index in [9.17, 15) is 0 Å². The molecule has 0 bridgehead atoms. The van der Waals surface area contributed by atoms with Crippen LogP contribution in [0.2, 0.25) is 0 Å². The zero-order chi connectivity index (χ0) is 16.3. The molecule has 0 atom stereocenters. The maximum absolute atomic E-state index is 8.75. The molecule has 0 aliphatic heterocycles. The summed E-state index contributed by atoms with van der Waals surface area (Å²) in [6, 6.07) is 17.4. The van der Waals surface area contributed by atoms with E-state index >= 15 is 0 Å². The van der Waals surface area contributed by atoms with E-state index in [0.29, 0.717) is 10.9 Å². The van der Waals surface area contributed by atoms with Gasteiger partial charge in [-0.25, -0.2) is 0 Å². The standard InChI is InChI=1S/C17H19N3O2S/c18-17(23-13-14-5-2-1-3-6-14)20-19-12-15-7-4-8-16(11-15)22-10-9-21/h1-8,11-12,21H,9-10,13H2,(H2,18,20). The highest BCUT2D eigenvalue weighted by atomic mass is 32.2. The Hall–Kier alpha value is -2.31. The first-order valence-electron chi connectivity index (χ1n) is 7.15. The van der Waals surface area contributed by atoms with Crippen molar-refractivity contribution in [1.29, 1.82) is 0 Å². The lowest BCUT2D eigenvalue weighted by Gasteiger charge is -2.03. The second-order valence-electron chi connectivity index (χ2n) is 4.60. The summed E-state index contributed by atoms with van der Waals surface area (Å²) in [7, 11) is 0. The van der Waals surface area contributed by atoms with Crippen LogP contribution in [0, 0.1) is 0 Å². The lowest BCUT2D eigenvalue weighted by atomic mass is 10.2. The molecule has 0 aliphatic carbocycles. The van der Waals surface area contributed by atoms with Gasteiger partial charge in [0.1, 0.15) is 12.4 Å². The summed E-state index contributed by atoms with van der Waals surface area (Å²) < 4.78 is 5.33. The first-order chi connectivity index (χ1) is 11.3. The Bertz CT molecular complexity index is 660. The van der Waals surface area contributed by atoms with E-state index in [2.05, 4.69) is 10.2 Å². The van der Waals surface area contributed by atoms with Crippen molar-refractivity contribution in [2.45, 2.75) is 5.75 Å². The molecule has 5 nitrogen and oxygen atoms in total. The zero-order valence-electron chi connectivity index (χ0n) is 12.6. The van der Waals surface area contributed by atoms with Gasteiger partial charge in [-0.05, 0) is 23.3 Å². The third kappa shape index (κ3) is 6.54. The maximum Gasteiger partial charge on any atom is 0.180 e. The van der Waals surface area contributed by atoms with Gasteiger partial charge in [0.05, 0.1) is 12.8 Å². The van der Waals surface area contributed by atoms with E-state index in [0.717, 1.165) is 11.3 Å². The Labute approximate surface area is 139 Å². The van der Waals surface area contributed by atoms with Crippen molar-refractivity contribution < 1.29 is 9.84 Å². The molecule has 0 saturated heterocycles. The summed E-state index contributed by atoms with van der Waals surface area (Å²) in [6.07, 6.45) is 1.61. The van der Waals surface area contributed by atoms with E-state index < -0.39 is 0 Å². The van der Waals surface area contributed by atoms with E-state index in [-0.39, 0.29) is 13.2 Å². The normalized spacial score (nSPS) is 11.8. The van der Waals surface area contributed by atoms with Crippen LogP contribution in [-0.2, 0) is 5.75 Å². The Morgan fingerprint density at radius 1 is 1.17 bits per heavy atom. The van der Waals surface area contributed by atoms with Crippen LogP contribution in [0.15, 0.2) is 64.8 Å². The summed E-state index contributed by atoms with van der Waals surface area (Å²) in [6.45, 7) is 0.250. The van der Waals surface area contributed by atoms with Gasteiger partial charge in [-0.1, -0.05) is 54.2 Å². The highest BCUT2D eigenvalue weighted by Crippen LogP contribution is 2.13. The summed E-state index contributed by atoms with van der Waals surface area (Å²) in [5.41, 5.74) is 7.87. The number of thioether (sulfide) groups is 1. The summed E-state index contributed by atoms with van der Waals surface area (Å²) in [4.78, 5) is 0. The number of nitrogens with zero attached hydrogens (tertiary/aromatic N) is 2. The molecule has 0 unspecified atom stereocenters. The third-order valence-corrected chi connectivity index (χ3v) is 3.67. The minimum absolute atomic E-state index is 0.0161. The second-order valence-corrected chi connectivity index (χ2v) is 5.60. The molecule has 23 heavy (non-hydrogen) atoms. The molecule has 2 aromatic rings. The highest BCUT2D eigenvalue weighted by Gasteiger charge is 1.97. The molecule has 0 amide bonds. The number of ether oxygens (including phenoxy) is 1. The Morgan fingerprint density at radius 3 is 2.78 bits per heavy atom. The quantitative estimate of drug-likeness (QED) is 0.465. The lowest BCUT2D eigenvalue weighted by molar-refractivity contribution is 0.201. The van der Waals surface area contributed by atoms with Gasteiger partial charge in [-0.2, -0.15) is 5.10 Å². The predicted molar refractivity (Wildman–Crippen MR) is 96.0 cm³/mol. The molecule has 2 aromatic carbocycles. The molecular formula is C17H19N3O2S. The molecule has 2 rings (SSSR count). The molecular weight excluding hydrogens is 310 g/mol. The monoisotopic (exact) mass is 329 g/mol. The van der Waals surface area contributed by atoms with Crippen LogP contribution in [0.3, 0.4) is 0 Å². The van der Waals surface area contributed by atoms with Crippen LogP contribution in [-0.4, -0.2) is 29.7 Å². The fourth-order valence-corrected chi connectivity index (χ4v) is 2.37. The van der Waals surface area contributed by atoms with Crippen LogP contribution in [0.5, 0.6) is 5.75 Å². The maximum atomic E-state index is 8.75. The predicted octanol–water partition coefficient (Wildman–Crippen LogP) is 2.64. The number of rotatable bonds is 7. The number of amidine groups is 1. The van der Waals surface area contributed by atoms with E-state index in [4.69, 9.17) is 15.6 Å². The van der Waals surface area contributed by atoms with Gasteiger partial charge >= 0.3 is 0 Å². The van der Waals surface area contributed by atoms with E-state index in [1.165, 1.54) is 17.3 Å². The van der Waals surface area contributed by atoms with E-state index in [1.807, 2.05) is 54.6 Å². The number of aliphatic hydroxyl groups is 1. The molecule has 0 aromatic heterocycles. The number of hydrogen-bond donors (Lipinski definition) is 2. The van der Waals surface area contributed by atoms with Gasteiger partial charge in [0, 0.05) is 5.75 Å². The van der Waals surface area contributed by atoms with Gasteiger partial charge in [-0.3, -0.25) is 0 Å². The summed E-state index contributed by atoms with van der Waals surface area (Å²) in [5, 5.41) is 17.1. The fourth-order valence-electron chi connectivity index (χ4n) is 1.76. The van der Waals surface area contributed by atoms with Crippen LogP contribution >= 0.6 is 11.8 Å². The molecule has 0 spiro atoms. The van der Waals surface area contributed by atoms with Gasteiger partial charge < -0.3 is 15.6 Å². The number of nitrogens with two attached hydrogens (primary N) is 1. The van der Waals surface area contributed by atoms with Crippen LogP contribution < -0.4 is 10.5 Å². The topological polar surface area (TPSA) is 80.2 Å². The van der Waals surface area contributed by atoms with Gasteiger partial charge in [0.2, 0.25) is 0 Å². The molecule has 6 heteroatoms. The smallest absolute Gasteiger partial charge is 0.180 e. The molecule has 0 aliphatic rings. The summed E-state index contributed by atoms with van der Waals surface area (Å²) in [5.74, 6) is 1.44. The fraction of sp³-hybridized carbons (Fsp3) is 0.176. The molecule has 0 saturated carbocycles. The number of benzene rings is 2. The Kier molecular flexibility index (Phi) is 7.16. The van der Waals surface area contributed by atoms with Gasteiger partial charge in [-0.15, -0.1) is 5.10 Å². The first kappa shape index (κ1) is 17.1. The summed E-state index contributed by atoms with van der Waals surface area (Å²) >= 11 is 1.44. The largest absolute Gasteiger partial charge is 0.491 e. The van der Waals surface area contributed by atoms with Crippen molar-refractivity contribution in [3.05, 3.63) is 65.7 Å². The molecule has 0 heterocycles. The second kappa shape index (κ2) is 9.66. The Morgan fingerprint density at radius 2 is 2.00 bits per heavy atom. The minimum atomic E-state index is -0.0161. The first-order valence-corrected chi connectivity index (χ1v) is 8.13. The van der Waals surface area contributed by atoms with Crippen molar-refractivity contribution in [1.82, 2.24) is 0 Å². The van der Waals surface area contributed by atoms with Crippen LogP contribution in [0.1, 0.15) is 11.1 Å². The highest BCUT2D eigenvalue weighted by molar-refractivity contribution is 8.13. The molecule has 120 valence electrons.